The van der Waals surface area contributed by atoms with Gasteiger partial charge in [-0.3, -0.25) is 4.79 Å². The molecule has 0 aromatic heterocycles. The zero-order chi connectivity index (χ0) is 13.2. The summed E-state index contributed by atoms with van der Waals surface area (Å²) in [7, 11) is 1.27. The second-order valence-electron chi connectivity index (χ2n) is 3.44. The molecule has 1 unspecified atom stereocenters. The van der Waals surface area contributed by atoms with Crippen molar-refractivity contribution in [3.05, 3.63) is 35.1 Å². The van der Waals surface area contributed by atoms with E-state index >= 15 is 0 Å². The molecule has 0 fully saturated rings. The fraction of sp³-hybridized carbons (Fsp3) is 0.273. The van der Waals surface area contributed by atoms with Crippen molar-refractivity contribution in [3.8, 4) is 6.07 Å². The highest BCUT2D eigenvalue weighted by Gasteiger charge is 2.23. The van der Waals surface area contributed by atoms with Gasteiger partial charge in [0.25, 0.3) is 5.91 Å². The first-order valence-corrected chi connectivity index (χ1v) is 4.70. The fourth-order valence-corrected chi connectivity index (χ4v) is 1.14. The monoisotopic (exact) mass is 242 g/mol. The van der Waals surface area contributed by atoms with E-state index in [-0.39, 0.29) is 0 Å². The molecule has 6 heteroatoms. The molecule has 1 aromatic carbocycles. The molecule has 1 amide bonds. The highest BCUT2D eigenvalue weighted by molar-refractivity contribution is 5.94. The summed E-state index contributed by atoms with van der Waals surface area (Å²) in [6, 6.07) is 2.49. The summed E-state index contributed by atoms with van der Waals surface area (Å²) in [6.07, 6.45) is 0. The molecule has 0 radical (unpaired) electrons. The number of carbonyl (C=O) groups excluding carboxylic acids is 1. The first-order valence-electron chi connectivity index (χ1n) is 4.70. The van der Waals surface area contributed by atoms with Crippen LogP contribution in [0.5, 0.6) is 0 Å². The van der Waals surface area contributed by atoms with Gasteiger partial charge in [0.05, 0.1) is 11.6 Å². The molecule has 1 atom stereocenters. The molecule has 17 heavy (non-hydrogen) atoms. The Bertz CT molecular complexity index is 496. The largest absolute Gasteiger partial charge is 0.326 e. The van der Waals surface area contributed by atoms with Crippen molar-refractivity contribution in [1.29, 1.82) is 5.26 Å². The number of nitrogens with zero attached hydrogens (tertiary/aromatic N) is 2. The molecule has 0 aliphatic carbocycles. The summed E-state index contributed by atoms with van der Waals surface area (Å²) in [5, 5.41) is 8.60. The van der Waals surface area contributed by atoms with Gasteiger partial charge < -0.3 is 4.90 Å². The number of rotatable bonds is 2. The quantitative estimate of drug-likeness (QED) is 0.745. The molecule has 0 saturated carbocycles. The Hall–Kier alpha value is -2.03. The normalized spacial score (nSPS) is 11.8. The van der Waals surface area contributed by atoms with Crippen LogP contribution in [0, 0.1) is 28.8 Å². The SMILES string of the molecule is CC(C#N)N(C)C(=O)c1ccc(F)c(F)c1F. The molecule has 0 spiro atoms. The maximum Gasteiger partial charge on any atom is 0.257 e. The second-order valence-corrected chi connectivity index (χ2v) is 3.44. The third-order valence-corrected chi connectivity index (χ3v) is 2.35. The van der Waals surface area contributed by atoms with Gasteiger partial charge in [0.1, 0.15) is 6.04 Å². The Kier molecular flexibility index (Phi) is 3.73. The van der Waals surface area contributed by atoms with Crippen molar-refractivity contribution in [2.45, 2.75) is 13.0 Å². The van der Waals surface area contributed by atoms with E-state index in [2.05, 4.69) is 0 Å². The van der Waals surface area contributed by atoms with Crippen molar-refractivity contribution in [1.82, 2.24) is 4.90 Å². The van der Waals surface area contributed by atoms with Crippen LogP contribution in [0.15, 0.2) is 12.1 Å². The zero-order valence-electron chi connectivity index (χ0n) is 9.17. The third-order valence-electron chi connectivity index (χ3n) is 2.35. The first-order chi connectivity index (χ1) is 7.90. The van der Waals surface area contributed by atoms with Gasteiger partial charge >= 0.3 is 0 Å². The summed E-state index contributed by atoms with van der Waals surface area (Å²) in [6.45, 7) is 1.43. The predicted molar refractivity (Wildman–Crippen MR) is 53.5 cm³/mol. The lowest BCUT2D eigenvalue weighted by Gasteiger charge is -2.19. The summed E-state index contributed by atoms with van der Waals surface area (Å²) < 4.78 is 38.9. The standard InChI is InChI=1S/C11H9F3N2O/c1-6(5-15)16(2)11(17)7-3-4-8(12)10(14)9(7)13/h3-4,6H,1-2H3. The average molecular weight is 242 g/mol. The average Bonchev–Trinajstić information content (AvgIpc) is 2.33. The van der Waals surface area contributed by atoms with Gasteiger partial charge in [0.15, 0.2) is 17.5 Å². The molecule has 1 aromatic rings. The Morgan fingerprint density at radius 2 is 1.94 bits per heavy atom. The van der Waals surface area contributed by atoms with Crippen LogP contribution in [0.25, 0.3) is 0 Å². The number of carbonyl (C=O) groups is 1. The molecule has 0 bridgehead atoms. The maximum atomic E-state index is 13.3. The minimum Gasteiger partial charge on any atom is -0.326 e. The lowest BCUT2D eigenvalue weighted by atomic mass is 10.1. The highest BCUT2D eigenvalue weighted by Crippen LogP contribution is 2.17. The summed E-state index contributed by atoms with van der Waals surface area (Å²) >= 11 is 0. The Balaban J connectivity index is 3.15. The second kappa shape index (κ2) is 4.87. The molecule has 0 saturated heterocycles. The van der Waals surface area contributed by atoms with Crippen LogP contribution >= 0.6 is 0 Å². The Morgan fingerprint density at radius 1 is 1.35 bits per heavy atom. The van der Waals surface area contributed by atoms with Gasteiger partial charge in [0, 0.05) is 7.05 Å². The van der Waals surface area contributed by atoms with Gasteiger partial charge in [-0.1, -0.05) is 0 Å². The maximum absolute atomic E-state index is 13.3. The van der Waals surface area contributed by atoms with Gasteiger partial charge in [-0.25, -0.2) is 13.2 Å². The molecule has 0 aliphatic rings. The van der Waals surface area contributed by atoms with Crippen LogP contribution in [-0.4, -0.2) is 23.9 Å². The highest BCUT2D eigenvalue weighted by atomic mass is 19.2. The predicted octanol–water partition coefficient (Wildman–Crippen LogP) is 2.09. The van der Waals surface area contributed by atoms with Crippen molar-refractivity contribution < 1.29 is 18.0 Å². The van der Waals surface area contributed by atoms with Gasteiger partial charge in [-0.05, 0) is 19.1 Å². The van der Waals surface area contributed by atoms with Crippen LogP contribution in [-0.2, 0) is 0 Å². The smallest absolute Gasteiger partial charge is 0.257 e. The van der Waals surface area contributed by atoms with E-state index in [9.17, 15) is 18.0 Å². The molecule has 0 N–H and O–H groups in total. The molecule has 3 nitrogen and oxygen atoms in total. The minimum atomic E-state index is -1.70. The van der Waals surface area contributed by atoms with Crippen molar-refractivity contribution >= 4 is 5.91 Å². The van der Waals surface area contributed by atoms with Crippen molar-refractivity contribution in [2.24, 2.45) is 0 Å². The van der Waals surface area contributed by atoms with Crippen LogP contribution < -0.4 is 0 Å². The third kappa shape index (κ3) is 2.38. The minimum absolute atomic E-state index is 0.603. The summed E-state index contributed by atoms with van der Waals surface area (Å²) in [5.41, 5.74) is -0.603. The number of hydrogen-bond donors (Lipinski definition) is 0. The Labute approximate surface area is 96.1 Å². The van der Waals surface area contributed by atoms with Gasteiger partial charge in [-0.2, -0.15) is 5.26 Å². The Morgan fingerprint density at radius 3 is 2.47 bits per heavy atom. The van der Waals surface area contributed by atoms with Crippen LogP contribution in [0.1, 0.15) is 17.3 Å². The van der Waals surface area contributed by atoms with E-state index in [4.69, 9.17) is 5.26 Å². The fourth-order valence-electron chi connectivity index (χ4n) is 1.14. The van der Waals surface area contributed by atoms with Crippen LogP contribution in [0.3, 0.4) is 0 Å². The molecular formula is C11H9F3N2O. The van der Waals surface area contributed by atoms with Gasteiger partial charge in [-0.15, -0.1) is 0 Å². The first kappa shape index (κ1) is 13.0. The summed E-state index contributed by atoms with van der Waals surface area (Å²) in [4.78, 5) is 12.6. The van der Waals surface area contributed by atoms with E-state index in [0.29, 0.717) is 6.07 Å². The van der Waals surface area contributed by atoms with Crippen molar-refractivity contribution in [2.75, 3.05) is 7.05 Å². The topological polar surface area (TPSA) is 44.1 Å². The lowest BCUT2D eigenvalue weighted by Crippen LogP contribution is -2.34. The van der Waals surface area contributed by atoms with E-state index in [0.717, 1.165) is 11.0 Å². The van der Waals surface area contributed by atoms with Crippen LogP contribution in [0.2, 0.25) is 0 Å². The molecule has 1 rings (SSSR count). The number of halogens is 3. The lowest BCUT2D eigenvalue weighted by molar-refractivity contribution is 0.0767. The van der Waals surface area contributed by atoms with E-state index in [1.807, 2.05) is 0 Å². The zero-order valence-corrected chi connectivity index (χ0v) is 9.17. The molecule has 0 heterocycles. The number of amides is 1. The van der Waals surface area contributed by atoms with Crippen LogP contribution in [0.4, 0.5) is 13.2 Å². The molecule has 0 aliphatic heterocycles. The summed E-state index contributed by atoms with van der Waals surface area (Å²) in [5.74, 6) is -5.49. The van der Waals surface area contributed by atoms with Gasteiger partial charge in [0.2, 0.25) is 0 Å². The number of benzene rings is 1. The number of hydrogen-bond acceptors (Lipinski definition) is 2. The molecule has 90 valence electrons. The number of nitriles is 1. The van der Waals surface area contributed by atoms with E-state index < -0.39 is 35.0 Å². The van der Waals surface area contributed by atoms with E-state index in [1.165, 1.54) is 14.0 Å². The molecular weight excluding hydrogens is 233 g/mol. The van der Waals surface area contributed by atoms with E-state index in [1.54, 1.807) is 6.07 Å². The van der Waals surface area contributed by atoms with Crippen molar-refractivity contribution in [3.63, 3.8) is 0 Å².